The minimum absolute atomic E-state index is 0.0661. The van der Waals surface area contributed by atoms with Crippen molar-refractivity contribution < 1.29 is 13.9 Å². The Hall–Kier alpha value is -1.65. The van der Waals surface area contributed by atoms with Gasteiger partial charge >= 0.3 is 0 Å². The largest absolute Gasteiger partial charge is 0.503 e. The number of aromatic hydroxyl groups is 1. The molecule has 0 aliphatic heterocycles. The summed E-state index contributed by atoms with van der Waals surface area (Å²) >= 11 is 6.08. The van der Waals surface area contributed by atoms with E-state index in [-0.39, 0.29) is 12.6 Å². The molecule has 0 saturated carbocycles. The third kappa shape index (κ3) is 3.26. The lowest BCUT2D eigenvalue weighted by atomic mass is 10.1. The molecule has 2 nitrogen and oxygen atoms in total. The van der Waals surface area contributed by atoms with E-state index in [2.05, 4.69) is 5.32 Å². The molecule has 2 rings (SSSR count). The lowest BCUT2D eigenvalue weighted by Crippen LogP contribution is -2.18. The smallest absolute Gasteiger partial charge is 0.187 e. The molecule has 1 atom stereocenters. The van der Waals surface area contributed by atoms with Crippen LogP contribution in [0.5, 0.6) is 5.75 Å². The summed E-state index contributed by atoms with van der Waals surface area (Å²) in [4.78, 5) is 0. The van der Waals surface area contributed by atoms with Crippen LogP contribution in [0.3, 0.4) is 0 Å². The first-order valence-corrected chi connectivity index (χ1v) is 6.51. The van der Waals surface area contributed by atoms with Gasteiger partial charge in [0.25, 0.3) is 0 Å². The van der Waals surface area contributed by atoms with E-state index in [0.717, 1.165) is 17.7 Å². The molecule has 0 aromatic heterocycles. The number of hydrogen-bond donors (Lipinski definition) is 2. The van der Waals surface area contributed by atoms with Crippen LogP contribution in [-0.4, -0.2) is 5.11 Å². The SMILES string of the molecule is C[C@@H](NCc1cc(F)c(O)c(F)c1)c1ccccc1Cl. The Kier molecular flexibility index (Phi) is 4.57. The van der Waals surface area contributed by atoms with Crippen molar-refractivity contribution in [3.63, 3.8) is 0 Å². The summed E-state index contributed by atoms with van der Waals surface area (Å²) in [7, 11) is 0. The molecular weight excluding hydrogens is 284 g/mol. The van der Waals surface area contributed by atoms with Gasteiger partial charge in [-0.15, -0.1) is 0 Å². The molecule has 0 fully saturated rings. The first-order chi connectivity index (χ1) is 9.49. The predicted molar refractivity (Wildman–Crippen MR) is 74.7 cm³/mol. The van der Waals surface area contributed by atoms with E-state index in [1.54, 1.807) is 6.07 Å². The van der Waals surface area contributed by atoms with Crippen molar-refractivity contribution >= 4 is 11.6 Å². The molecule has 5 heteroatoms. The van der Waals surface area contributed by atoms with Crippen molar-refractivity contribution in [2.24, 2.45) is 0 Å². The highest BCUT2D eigenvalue weighted by Crippen LogP contribution is 2.24. The van der Waals surface area contributed by atoms with Crippen LogP contribution in [0.1, 0.15) is 24.1 Å². The van der Waals surface area contributed by atoms with Crippen molar-refractivity contribution in [3.05, 3.63) is 64.2 Å². The van der Waals surface area contributed by atoms with Crippen LogP contribution in [0.25, 0.3) is 0 Å². The first-order valence-electron chi connectivity index (χ1n) is 6.13. The second-order valence-corrected chi connectivity index (χ2v) is 4.94. The Morgan fingerprint density at radius 3 is 2.40 bits per heavy atom. The summed E-state index contributed by atoms with van der Waals surface area (Å²) in [6.07, 6.45) is 0. The topological polar surface area (TPSA) is 32.3 Å². The Morgan fingerprint density at radius 2 is 1.80 bits per heavy atom. The van der Waals surface area contributed by atoms with Crippen molar-refractivity contribution in [3.8, 4) is 5.75 Å². The van der Waals surface area contributed by atoms with Gasteiger partial charge in [-0.05, 0) is 36.2 Å². The molecule has 0 heterocycles. The molecule has 0 unspecified atom stereocenters. The monoisotopic (exact) mass is 297 g/mol. The third-order valence-corrected chi connectivity index (χ3v) is 3.40. The zero-order valence-electron chi connectivity index (χ0n) is 10.8. The number of benzene rings is 2. The number of phenolic OH excluding ortho intramolecular Hbond substituents is 1. The third-order valence-electron chi connectivity index (χ3n) is 3.06. The van der Waals surface area contributed by atoms with E-state index >= 15 is 0 Å². The fourth-order valence-electron chi connectivity index (χ4n) is 1.93. The Bertz CT molecular complexity index is 596. The molecule has 2 aromatic carbocycles. The molecule has 0 radical (unpaired) electrons. The lowest BCUT2D eigenvalue weighted by Gasteiger charge is -2.16. The molecule has 0 spiro atoms. The van der Waals surface area contributed by atoms with Crippen molar-refractivity contribution in [1.29, 1.82) is 0 Å². The fraction of sp³-hybridized carbons (Fsp3) is 0.200. The van der Waals surface area contributed by atoms with E-state index in [1.807, 2.05) is 25.1 Å². The van der Waals surface area contributed by atoms with Gasteiger partial charge in [-0.1, -0.05) is 29.8 Å². The molecule has 0 saturated heterocycles. The molecule has 0 amide bonds. The zero-order valence-corrected chi connectivity index (χ0v) is 11.6. The van der Waals surface area contributed by atoms with Crippen LogP contribution in [0, 0.1) is 11.6 Å². The van der Waals surface area contributed by atoms with Crippen LogP contribution in [0.15, 0.2) is 36.4 Å². The van der Waals surface area contributed by atoms with E-state index < -0.39 is 17.4 Å². The molecule has 20 heavy (non-hydrogen) atoms. The average molecular weight is 298 g/mol. The van der Waals surface area contributed by atoms with Crippen LogP contribution >= 0.6 is 11.6 Å². The fourth-order valence-corrected chi connectivity index (χ4v) is 2.23. The van der Waals surface area contributed by atoms with Crippen molar-refractivity contribution in [2.45, 2.75) is 19.5 Å². The Morgan fingerprint density at radius 1 is 1.20 bits per heavy atom. The van der Waals surface area contributed by atoms with Crippen molar-refractivity contribution in [2.75, 3.05) is 0 Å². The van der Waals surface area contributed by atoms with Crippen LogP contribution in [-0.2, 0) is 6.54 Å². The van der Waals surface area contributed by atoms with E-state index in [0.29, 0.717) is 10.6 Å². The number of nitrogens with one attached hydrogen (secondary N) is 1. The molecule has 0 aliphatic rings. The summed E-state index contributed by atoms with van der Waals surface area (Å²) in [6.45, 7) is 2.18. The zero-order chi connectivity index (χ0) is 14.7. The number of rotatable bonds is 4. The maximum Gasteiger partial charge on any atom is 0.187 e. The van der Waals surface area contributed by atoms with Gasteiger partial charge in [-0.2, -0.15) is 0 Å². The summed E-state index contributed by atoms with van der Waals surface area (Å²) in [5.74, 6) is -2.88. The molecule has 0 bridgehead atoms. The van der Waals surface area contributed by atoms with E-state index in [9.17, 15) is 8.78 Å². The van der Waals surface area contributed by atoms with Crippen LogP contribution in [0.2, 0.25) is 5.02 Å². The molecular formula is C15H14ClF2NO. The second kappa shape index (κ2) is 6.20. The van der Waals surface area contributed by atoms with Crippen molar-refractivity contribution in [1.82, 2.24) is 5.32 Å². The summed E-state index contributed by atoms with van der Waals surface area (Å²) in [6, 6.07) is 9.52. The van der Waals surface area contributed by atoms with Crippen LogP contribution < -0.4 is 5.32 Å². The predicted octanol–water partition coefficient (Wildman–Crippen LogP) is 4.17. The number of hydrogen-bond acceptors (Lipinski definition) is 2. The highest BCUT2D eigenvalue weighted by molar-refractivity contribution is 6.31. The van der Waals surface area contributed by atoms with E-state index in [4.69, 9.17) is 16.7 Å². The molecule has 0 aliphatic carbocycles. The summed E-state index contributed by atoms with van der Waals surface area (Å²) in [5.41, 5.74) is 1.32. The molecule has 2 aromatic rings. The standard InChI is InChI=1S/C15H14ClF2NO/c1-9(11-4-2-3-5-12(11)16)19-8-10-6-13(17)15(20)14(18)7-10/h2-7,9,19-20H,8H2,1H3/t9-/m1/s1. The molecule has 2 N–H and O–H groups in total. The maximum atomic E-state index is 13.2. The van der Waals surface area contributed by atoms with Gasteiger partial charge in [0, 0.05) is 17.6 Å². The van der Waals surface area contributed by atoms with Gasteiger partial charge in [0.1, 0.15) is 0 Å². The number of phenols is 1. The van der Waals surface area contributed by atoms with Gasteiger partial charge in [0.15, 0.2) is 17.4 Å². The number of halogens is 3. The minimum atomic E-state index is -0.966. The highest BCUT2D eigenvalue weighted by atomic mass is 35.5. The van der Waals surface area contributed by atoms with Gasteiger partial charge in [-0.3, -0.25) is 0 Å². The highest BCUT2D eigenvalue weighted by Gasteiger charge is 2.12. The van der Waals surface area contributed by atoms with Gasteiger partial charge in [0.2, 0.25) is 0 Å². The Labute approximate surface area is 121 Å². The average Bonchev–Trinajstić information content (AvgIpc) is 2.42. The Balaban J connectivity index is 2.07. The van der Waals surface area contributed by atoms with Gasteiger partial charge in [0.05, 0.1) is 0 Å². The summed E-state index contributed by atoms with van der Waals surface area (Å²) < 4.78 is 26.4. The van der Waals surface area contributed by atoms with Gasteiger partial charge in [-0.25, -0.2) is 8.78 Å². The second-order valence-electron chi connectivity index (χ2n) is 4.53. The quantitative estimate of drug-likeness (QED) is 0.887. The summed E-state index contributed by atoms with van der Waals surface area (Å²) in [5, 5.41) is 12.8. The molecule has 106 valence electrons. The van der Waals surface area contributed by atoms with Gasteiger partial charge < -0.3 is 10.4 Å². The first kappa shape index (κ1) is 14.8. The minimum Gasteiger partial charge on any atom is -0.503 e. The maximum absolute atomic E-state index is 13.2. The van der Waals surface area contributed by atoms with Crippen LogP contribution in [0.4, 0.5) is 8.78 Å². The van der Waals surface area contributed by atoms with E-state index in [1.165, 1.54) is 0 Å². The lowest BCUT2D eigenvalue weighted by molar-refractivity contribution is 0.394. The normalized spacial score (nSPS) is 12.4.